The van der Waals surface area contributed by atoms with Crippen molar-refractivity contribution in [3.63, 3.8) is 0 Å². The molecule has 0 fully saturated rings. The largest absolute Gasteiger partial charge is 0.478 e. The first-order valence-corrected chi connectivity index (χ1v) is 7.84. The van der Waals surface area contributed by atoms with Gasteiger partial charge in [-0.15, -0.1) is 0 Å². The molecule has 1 rings (SSSR count). The van der Waals surface area contributed by atoms with Crippen LogP contribution in [0.4, 0.5) is 5.69 Å². The van der Waals surface area contributed by atoms with E-state index >= 15 is 0 Å². The predicted molar refractivity (Wildman–Crippen MR) is 89.0 cm³/mol. The fourth-order valence-electron chi connectivity index (χ4n) is 1.88. The second-order valence-corrected chi connectivity index (χ2v) is 5.30. The zero-order valence-electron chi connectivity index (χ0n) is 13.4. The summed E-state index contributed by atoms with van der Waals surface area (Å²) in [5.41, 5.74) is 7.14. The fourth-order valence-corrected chi connectivity index (χ4v) is 1.88. The van der Waals surface area contributed by atoms with Crippen LogP contribution >= 0.6 is 0 Å². The average molecular weight is 311 g/mol. The third-order valence-electron chi connectivity index (χ3n) is 3.34. The van der Waals surface area contributed by atoms with E-state index in [-0.39, 0.29) is 5.56 Å². The number of aliphatic hydroxyl groups excluding tert-OH is 2. The van der Waals surface area contributed by atoms with Gasteiger partial charge in [0.25, 0.3) is 0 Å². The molecule has 0 radical (unpaired) electrons. The molecule has 5 nitrogen and oxygen atoms in total. The Kier molecular flexibility index (Phi) is 12.2. The highest BCUT2D eigenvalue weighted by Crippen LogP contribution is 2.12. The third-order valence-corrected chi connectivity index (χ3v) is 3.34. The minimum atomic E-state index is -0.947. The molecule has 0 aliphatic heterocycles. The van der Waals surface area contributed by atoms with Gasteiger partial charge in [-0.3, -0.25) is 0 Å². The molecule has 0 aliphatic rings. The van der Waals surface area contributed by atoms with Crippen LogP contribution in [0.3, 0.4) is 0 Å². The Balaban J connectivity index is 0.000000401. The van der Waals surface area contributed by atoms with Crippen molar-refractivity contribution in [1.82, 2.24) is 0 Å². The van der Waals surface area contributed by atoms with E-state index in [1.165, 1.54) is 31.4 Å². The summed E-state index contributed by atoms with van der Waals surface area (Å²) in [7, 11) is 0. The first-order chi connectivity index (χ1) is 10.5. The van der Waals surface area contributed by atoms with Crippen molar-refractivity contribution in [2.24, 2.45) is 0 Å². The normalized spacial score (nSPS) is 9.95. The van der Waals surface area contributed by atoms with Gasteiger partial charge in [-0.2, -0.15) is 0 Å². The molecular weight excluding hydrogens is 282 g/mol. The second-order valence-electron chi connectivity index (χ2n) is 5.30. The zero-order valence-corrected chi connectivity index (χ0v) is 13.4. The Morgan fingerprint density at radius 3 is 1.77 bits per heavy atom. The van der Waals surface area contributed by atoms with Gasteiger partial charge >= 0.3 is 5.97 Å². The number of benzene rings is 1. The number of carboxylic acid groups (broad SMARTS) is 1. The summed E-state index contributed by atoms with van der Waals surface area (Å²) in [6.45, 7) is 2.49. The van der Waals surface area contributed by atoms with Crippen molar-refractivity contribution in [1.29, 1.82) is 0 Å². The topological polar surface area (TPSA) is 104 Å². The van der Waals surface area contributed by atoms with Crippen LogP contribution in [0.5, 0.6) is 0 Å². The van der Waals surface area contributed by atoms with Crippen LogP contribution in [-0.4, -0.2) is 34.5 Å². The van der Waals surface area contributed by atoms with E-state index in [4.69, 9.17) is 21.1 Å². The van der Waals surface area contributed by atoms with Crippen LogP contribution < -0.4 is 5.73 Å². The minimum Gasteiger partial charge on any atom is -0.478 e. The van der Waals surface area contributed by atoms with E-state index in [9.17, 15) is 4.79 Å². The molecule has 0 spiro atoms. The molecule has 1 aromatic rings. The standard InChI is InChI=1S/C9H20O2.C8H9NO2/c10-8-6-4-2-1-3-5-7-9-11;1-5-2-3-6(8(10)11)4-7(5)9/h10-11H,1-9H2;2-4H,9H2,1H3,(H,10,11). The maximum absolute atomic E-state index is 10.4. The summed E-state index contributed by atoms with van der Waals surface area (Å²) in [6, 6.07) is 4.69. The number of aryl methyl sites for hydroxylation is 1. The molecule has 0 bridgehead atoms. The van der Waals surface area contributed by atoms with E-state index in [2.05, 4.69) is 0 Å². The Labute approximate surface area is 132 Å². The monoisotopic (exact) mass is 311 g/mol. The lowest BCUT2D eigenvalue weighted by Gasteiger charge is -1.99. The Hall–Kier alpha value is -1.59. The number of aromatic carboxylic acids is 1. The molecule has 0 unspecified atom stereocenters. The highest BCUT2D eigenvalue weighted by Gasteiger charge is 2.02. The molecule has 0 saturated heterocycles. The first kappa shape index (κ1) is 20.4. The molecule has 0 atom stereocenters. The number of carboxylic acids is 1. The summed E-state index contributed by atoms with van der Waals surface area (Å²) in [4.78, 5) is 10.4. The SMILES string of the molecule is Cc1ccc(C(=O)O)cc1N.OCCCCCCCCCO. The third kappa shape index (κ3) is 10.2. The molecule has 5 heteroatoms. The molecule has 1 aromatic carbocycles. The molecule has 0 aliphatic carbocycles. The Bertz CT molecular complexity index is 413. The molecule has 0 saturated carbocycles. The summed E-state index contributed by atoms with van der Waals surface area (Å²) in [5.74, 6) is -0.947. The van der Waals surface area contributed by atoms with Crippen LogP contribution in [0, 0.1) is 6.92 Å². The highest BCUT2D eigenvalue weighted by atomic mass is 16.4. The summed E-state index contributed by atoms with van der Waals surface area (Å²) in [6.07, 6.45) is 7.89. The number of carbonyl (C=O) groups is 1. The highest BCUT2D eigenvalue weighted by molar-refractivity contribution is 5.88. The molecule has 0 heterocycles. The van der Waals surface area contributed by atoms with Gasteiger partial charge in [0.2, 0.25) is 0 Å². The van der Waals surface area contributed by atoms with Crippen LogP contribution in [0.15, 0.2) is 18.2 Å². The van der Waals surface area contributed by atoms with Crippen molar-refractivity contribution >= 4 is 11.7 Å². The van der Waals surface area contributed by atoms with Gasteiger partial charge in [0, 0.05) is 18.9 Å². The summed E-state index contributed by atoms with van der Waals surface area (Å²) in [5, 5.41) is 25.5. The number of hydrogen-bond acceptors (Lipinski definition) is 4. The van der Waals surface area contributed by atoms with Crippen LogP contribution in [0.2, 0.25) is 0 Å². The number of unbranched alkanes of at least 4 members (excludes halogenated alkanes) is 6. The van der Waals surface area contributed by atoms with Gasteiger partial charge in [0.15, 0.2) is 0 Å². The van der Waals surface area contributed by atoms with E-state index in [0.29, 0.717) is 18.9 Å². The molecule has 0 aromatic heterocycles. The van der Waals surface area contributed by atoms with Gasteiger partial charge < -0.3 is 21.1 Å². The van der Waals surface area contributed by atoms with Crippen LogP contribution in [0.25, 0.3) is 0 Å². The van der Waals surface area contributed by atoms with E-state index < -0.39 is 5.97 Å². The Morgan fingerprint density at radius 1 is 0.955 bits per heavy atom. The average Bonchev–Trinajstić information content (AvgIpc) is 2.50. The van der Waals surface area contributed by atoms with Gasteiger partial charge in [-0.05, 0) is 37.5 Å². The lowest BCUT2D eigenvalue weighted by molar-refractivity contribution is 0.0697. The summed E-state index contributed by atoms with van der Waals surface area (Å²) < 4.78 is 0. The van der Waals surface area contributed by atoms with Crippen LogP contribution in [0.1, 0.15) is 60.9 Å². The lowest BCUT2D eigenvalue weighted by Crippen LogP contribution is -1.98. The van der Waals surface area contributed by atoms with Crippen molar-refractivity contribution in [2.75, 3.05) is 18.9 Å². The molecule has 22 heavy (non-hydrogen) atoms. The van der Waals surface area contributed by atoms with E-state index in [0.717, 1.165) is 31.2 Å². The van der Waals surface area contributed by atoms with Gasteiger partial charge in [0.1, 0.15) is 0 Å². The number of hydrogen-bond donors (Lipinski definition) is 4. The second kappa shape index (κ2) is 13.1. The zero-order chi connectivity index (χ0) is 16.8. The first-order valence-electron chi connectivity index (χ1n) is 7.84. The quantitative estimate of drug-likeness (QED) is 0.414. The number of anilines is 1. The summed E-state index contributed by atoms with van der Waals surface area (Å²) >= 11 is 0. The van der Waals surface area contributed by atoms with Gasteiger partial charge in [-0.25, -0.2) is 4.79 Å². The molecule has 0 amide bonds. The number of aliphatic hydroxyl groups is 2. The molecule has 126 valence electrons. The van der Waals surface area contributed by atoms with E-state index in [1.54, 1.807) is 6.07 Å². The van der Waals surface area contributed by atoms with Crippen molar-refractivity contribution in [2.45, 2.75) is 51.9 Å². The predicted octanol–water partition coefficient (Wildman–Crippen LogP) is 2.98. The van der Waals surface area contributed by atoms with Crippen molar-refractivity contribution in [3.8, 4) is 0 Å². The van der Waals surface area contributed by atoms with Gasteiger partial charge in [-0.1, -0.05) is 38.2 Å². The van der Waals surface area contributed by atoms with Gasteiger partial charge in [0.05, 0.1) is 5.56 Å². The number of nitrogen functional groups attached to an aromatic ring is 1. The minimum absolute atomic E-state index is 0.230. The maximum Gasteiger partial charge on any atom is 0.335 e. The van der Waals surface area contributed by atoms with Crippen molar-refractivity contribution < 1.29 is 20.1 Å². The van der Waals surface area contributed by atoms with E-state index in [1.807, 2.05) is 6.92 Å². The molecular formula is C17H29NO4. The van der Waals surface area contributed by atoms with Crippen LogP contribution in [-0.2, 0) is 0 Å². The maximum atomic E-state index is 10.4. The lowest BCUT2D eigenvalue weighted by atomic mass is 10.1. The number of nitrogens with two attached hydrogens (primary N) is 1. The Morgan fingerprint density at radius 2 is 1.41 bits per heavy atom. The smallest absolute Gasteiger partial charge is 0.335 e. The molecule has 5 N–H and O–H groups in total. The fraction of sp³-hybridized carbons (Fsp3) is 0.588. The number of rotatable bonds is 9. The van der Waals surface area contributed by atoms with Crippen molar-refractivity contribution in [3.05, 3.63) is 29.3 Å².